The molecule has 1 amide bonds. The fourth-order valence-corrected chi connectivity index (χ4v) is 3.64. The third kappa shape index (κ3) is 4.24. The molecule has 4 nitrogen and oxygen atoms in total. The highest BCUT2D eigenvalue weighted by Gasteiger charge is 2.22. The van der Waals surface area contributed by atoms with Gasteiger partial charge in [-0.1, -0.05) is 37.5 Å². The number of aromatic carboxylic acids is 1. The van der Waals surface area contributed by atoms with Crippen molar-refractivity contribution in [3.05, 3.63) is 29.8 Å². The average molecular weight is 306 g/mol. The van der Waals surface area contributed by atoms with Gasteiger partial charge in [-0.25, -0.2) is 0 Å². The van der Waals surface area contributed by atoms with Crippen LogP contribution in [0.1, 0.15) is 42.5 Å². The molecule has 0 unspecified atom stereocenters. The number of carbonyl (C=O) groups is 2. The molecule has 0 spiro atoms. The molecule has 0 heterocycles. The van der Waals surface area contributed by atoms with Crippen LogP contribution >= 0.6 is 11.8 Å². The Morgan fingerprint density at radius 2 is 1.90 bits per heavy atom. The maximum atomic E-state index is 12.2. The second-order valence-corrected chi connectivity index (χ2v) is 6.39. The summed E-state index contributed by atoms with van der Waals surface area (Å²) in [7, 11) is 1.85. The van der Waals surface area contributed by atoms with E-state index in [1.165, 1.54) is 37.1 Å². The normalized spacial score (nSPS) is 15.7. The van der Waals surface area contributed by atoms with Crippen molar-refractivity contribution >= 4 is 23.6 Å². The Kier molecular flexibility index (Phi) is 5.67. The number of thioether (sulfide) groups is 1. The smallest absolute Gasteiger partial charge is 0.232 e. The second kappa shape index (κ2) is 7.50. The Labute approximate surface area is 129 Å². The fraction of sp³-hybridized carbons (Fsp3) is 0.500. The highest BCUT2D eigenvalue weighted by Crippen LogP contribution is 2.25. The van der Waals surface area contributed by atoms with Crippen LogP contribution in [0.15, 0.2) is 29.2 Å². The Balaban J connectivity index is 1.93. The number of carbonyl (C=O) groups excluding carboxylic acids is 2. The first-order valence-corrected chi connectivity index (χ1v) is 8.27. The zero-order valence-corrected chi connectivity index (χ0v) is 13.0. The number of amides is 1. The quantitative estimate of drug-likeness (QED) is 0.780. The zero-order valence-electron chi connectivity index (χ0n) is 12.2. The lowest BCUT2D eigenvalue weighted by Crippen LogP contribution is -2.39. The van der Waals surface area contributed by atoms with E-state index in [9.17, 15) is 14.7 Å². The van der Waals surface area contributed by atoms with E-state index >= 15 is 0 Å². The molecule has 0 N–H and O–H groups in total. The Hall–Kier alpha value is -1.49. The molecule has 1 aliphatic rings. The Bertz CT molecular complexity index is 512. The molecule has 1 fully saturated rings. The van der Waals surface area contributed by atoms with Gasteiger partial charge in [0.25, 0.3) is 0 Å². The summed E-state index contributed by atoms with van der Waals surface area (Å²) in [6.45, 7) is 0. The molecule has 1 aromatic rings. The lowest BCUT2D eigenvalue weighted by molar-refractivity contribution is -0.255. The van der Waals surface area contributed by atoms with Crippen molar-refractivity contribution in [1.82, 2.24) is 4.90 Å². The van der Waals surface area contributed by atoms with Gasteiger partial charge in [-0.15, -0.1) is 11.8 Å². The molecule has 5 heteroatoms. The van der Waals surface area contributed by atoms with Gasteiger partial charge in [-0.05, 0) is 18.9 Å². The highest BCUT2D eigenvalue weighted by molar-refractivity contribution is 8.00. The van der Waals surface area contributed by atoms with E-state index < -0.39 is 5.97 Å². The van der Waals surface area contributed by atoms with Crippen molar-refractivity contribution in [2.24, 2.45) is 0 Å². The van der Waals surface area contributed by atoms with Crippen LogP contribution in [0.3, 0.4) is 0 Å². The number of benzene rings is 1. The van der Waals surface area contributed by atoms with Crippen LogP contribution in [-0.2, 0) is 4.79 Å². The molecule has 1 aromatic carbocycles. The van der Waals surface area contributed by atoms with Crippen LogP contribution in [0, 0.1) is 0 Å². The molecule has 0 radical (unpaired) electrons. The lowest BCUT2D eigenvalue weighted by Gasteiger charge is -2.31. The molecule has 1 saturated carbocycles. The van der Waals surface area contributed by atoms with Crippen molar-refractivity contribution in [3.63, 3.8) is 0 Å². The molecule has 2 rings (SSSR count). The van der Waals surface area contributed by atoms with Gasteiger partial charge < -0.3 is 14.8 Å². The minimum atomic E-state index is -1.20. The summed E-state index contributed by atoms with van der Waals surface area (Å²) in [6.07, 6.45) is 5.77. The lowest BCUT2D eigenvalue weighted by atomic mass is 9.94. The predicted octanol–water partition coefficient (Wildman–Crippen LogP) is 1.93. The molecule has 114 valence electrons. The van der Waals surface area contributed by atoms with Crippen molar-refractivity contribution < 1.29 is 14.7 Å². The fourth-order valence-electron chi connectivity index (χ4n) is 2.67. The monoisotopic (exact) mass is 306 g/mol. The van der Waals surface area contributed by atoms with Crippen LogP contribution in [0.25, 0.3) is 0 Å². The van der Waals surface area contributed by atoms with Gasteiger partial charge >= 0.3 is 0 Å². The Morgan fingerprint density at radius 3 is 2.57 bits per heavy atom. The highest BCUT2D eigenvalue weighted by atomic mass is 32.2. The van der Waals surface area contributed by atoms with E-state index in [0.29, 0.717) is 10.9 Å². The second-order valence-electron chi connectivity index (χ2n) is 5.37. The maximum Gasteiger partial charge on any atom is 0.232 e. The van der Waals surface area contributed by atoms with Crippen molar-refractivity contribution in [2.75, 3.05) is 12.8 Å². The zero-order chi connectivity index (χ0) is 15.2. The van der Waals surface area contributed by atoms with Gasteiger partial charge in [0.15, 0.2) is 0 Å². The molecule has 0 saturated heterocycles. The number of carboxylic acids is 1. The van der Waals surface area contributed by atoms with Crippen LogP contribution in [-0.4, -0.2) is 35.6 Å². The number of hydrogen-bond acceptors (Lipinski definition) is 4. The van der Waals surface area contributed by atoms with Gasteiger partial charge in [0.1, 0.15) is 0 Å². The van der Waals surface area contributed by atoms with Gasteiger partial charge in [0.2, 0.25) is 5.91 Å². The molecule has 0 bridgehead atoms. The van der Waals surface area contributed by atoms with Gasteiger partial charge in [-0.3, -0.25) is 4.79 Å². The van der Waals surface area contributed by atoms with Crippen LogP contribution in [0.5, 0.6) is 0 Å². The topological polar surface area (TPSA) is 60.4 Å². The van der Waals surface area contributed by atoms with Gasteiger partial charge in [0, 0.05) is 23.5 Å². The number of nitrogens with zero attached hydrogens (tertiary/aromatic N) is 1. The van der Waals surface area contributed by atoms with Gasteiger partial charge in [-0.2, -0.15) is 0 Å². The number of hydrogen-bond donors (Lipinski definition) is 0. The van der Waals surface area contributed by atoms with Crippen LogP contribution in [0.4, 0.5) is 0 Å². The molecule has 0 aliphatic heterocycles. The van der Waals surface area contributed by atoms with E-state index in [1.807, 2.05) is 11.9 Å². The predicted molar refractivity (Wildman–Crippen MR) is 81.1 cm³/mol. The van der Waals surface area contributed by atoms with Crippen molar-refractivity contribution in [1.29, 1.82) is 0 Å². The summed E-state index contributed by atoms with van der Waals surface area (Å²) in [5, 5.41) is 11.0. The third-order valence-corrected chi connectivity index (χ3v) is 5.03. The molecular weight excluding hydrogens is 286 g/mol. The minimum Gasteiger partial charge on any atom is -0.545 e. The van der Waals surface area contributed by atoms with E-state index in [4.69, 9.17) is 0 Å². The first kappa shape index (κ1) is 15.9. The van der Waals surface area contributed by atoms with Crippen LogP contribution < -0.4 is 5.11 Å². The van der Waals surface area contributed by atoms with Crippen LogP contribution in [0.2, 0.25) is 0 Å². The summed E-state index contributed by atoms with van der Waals surface area (Å²) in [4.78, 5) is 25.7. The SMILES string of the molecule is CN(C(=O)CSc1ccccc1C(=O)[O-])C1CCCCC1. The summed E-state index contributed by atoms with van der Waals surface area (Å²) < 4.78 is 0. The summed E-state index contributed by atoms with van der Waals surface area (Å²) >= 11 is 1.26. The minimum absolute atomic E-state index is 0.0556. The van der Waals surface area contributed by atoms with E-state index in [1.54, 1.807) is 18.2 Å². The molecular formula is C16H20NO3S-. The summed E-state index contributed by atoms with van der Waals surface area (Å²) in [5.41, 5.74) is 0.149. The van der Waals surface area contributed by atoms with Crippen molar-refractivity contribution in [2.45, 2.75) is 43.0 Å². The molecule has 0 atom stereocenters. The molecule has 1 aliphatic carbocycles. The van der Waals surface area contributed by atoms with E-state index in [2.05, 4.69) is 0 Å². The average Bonchev–Trinajstić information content (AvgIpc) is 2.52. The standard InChI is InChI=1S/C16H21NO3S/c1-17(12-7-3-2-4-8-12)15(18)11-21-14-10-6-5-9-13(14)16(19)20/h5-6,9-10,12H,2-4,7-8,11H2,1H3,(H,19,20)/p-1. The first-order valence-electron chi connectivity index (χ1n) is 7.28. The van der Waals surface area contributed by atoms with E-state index in [-0.39, 0.29) is 17.2 Å². The molecule has 0 aromatic heterocycles. The molecule has 21 heavy (non-hydrogen) atoms. The summed E-state index contributed by atoms with van der Waals surface area (Å²) in [5.74, 6) is -0.886. The largest absolute Gasteiger partial charge is 0.545 e. The number of carboxylic acid groups (broad SMARTS) is 1. The van der Waals surface area contributed by atoms with Gasteiger partial charge in [0.05, 0.1) is 11.7 Å². The summed E-state index contributed by atoms with van der Waals surface area (Å²) in [6, 6.07) is 6.98. The number of rotatable bonds is 5. The maximum absolute atomic E-state index is 12.2. The Morgan fingerprint density at radius 1 is 1.24 bits per heavy atom. The van der Waals surface area contributed by atoms with Crippen molar-refractivity contribution in [3.8, 4) is 0 Å². The van der Waals surface area contributed by atoms with E-state index in [0.717, 1.165) is 12.8 Å². The third-order valence-electron chi connectivity index (χ3n) is 3.97. The first-order chi connectivity index (χ1) is 10.1.